The number of aryl methyl sites for hydroxylation is 1. The van der Waals surface area contributed by atoms with Crippen LogP contribution in [-0.4, -0.2) is 40.6 Å². The average molecular weight is 369 g/mol. The molecule has 0 N–H and O–H groups in total. The van der Waals surface area contributed by atoms with Crippen LogP contribution in [0.15, 0.2) is 6.20 Å². The van der Waals surface area contributed by atoms with Gasteiger partial charge in [-0.2, -0.15) is 0 Å². The quantitative estimate of drug-likeness (QED) is 0.270. The summed E-state index contributed by atoms with van der Waals surface area (Å²) in [5, 5.41) is 9.92. The lowest BCUT2D eigenvalue weighted by atomic mass is 10.1. The number of quaternary nitrogens is 1. The largest absolute Gasteiger partial charge is 0.443 e. The standard InChI is InChI=1S/C16H36N.C4H4N3O2/c1-5-9-13-17(14-10-6-2,15-11-7-3)16-12-8-4;1-3-5-2-4(6-3)7(8)9/h5-16H2,1-4H3;2H,1H3/q+1;-1. The van der Waals surface area contributed by atoms with Crippen molar-refractivity contribution in [2.24, 2.45) is 0 Å². The van der Waals surface area contributed by atoms with Gasteiger partial charge in [0.2, 0.25) is 0 Å². The Hall–Kier alpha value is -1.43. The van der Waals surface area contributed by atoms with Gasteiger partial charge in [0.1, 0.15) is 0 Å². The van der Waals surface area contributed by atoms with E-state index in [0.717, 1.165) is 6.20 Å². The van der Waals surface area contributed by atoms with Gasteiger partial charge in [-0.25, -0.2) is 0 Å². The second kappa shape index (κ2) is 14.7. The third-order valence-electron chi connectivity index (χ3n) is 4.77. The van der Waals surface area contributed by atoms with Crippen molar-refractivity contribution in [3.63, 3.8) is 0 Å². The molecule has 6 nitrogen and oxygen atoms in total. The Morgan fingerprint density at radius 3 is 1.50 bits per heavy atom. The van der Waals surface area contributed by atoms with Crippen molar-refractivity contribution < 1.29 is 9.41 Å². The molecule has 6 heteroatoms. The maximum absolute atomic E-state index is 9.92. The first-order valence-electron chi connectivity index (χ1n) is 10.4. The van der Waals surface area contributed by atoms with Crippen LogP contribution in [0.4, 0.5) is 5.82 Å². The molecule has 0 saturated carbocycles. The van der Waals surface area contributed by atoms with Crippen LogP contribution in [0.1, 0.15) is 84.9 Å². The summed E-state index contributed by atoms with van der Waals surface area (Å²) in [5.41, 5.74) is 0. The fourth-order valence-corrected chi connectivity index (χ4v) is 3.11. The molecule has 1 aromatic rings. The molecule has 26 heavy (non-hydrogen) atoms. The highest BCUT2D eigenvalue weighted by Gasteiger charge is 2.24. The monoisotopic (exact) mass is 368 g/mol. The first-order chi connectivity index (χ1) is 12.4. The number of rotatable bonds is 13. The molecule has 0 saturated heterocycles. The molecule has 0 aliphatic heterocycles. The molecular formula is C20H40N4O2. The molecule has 0 fully saturated rings. The number of hydrogen-bond acceptors (Lipinski definition) is 3. The lowest BCUT2D eigenvalue weighted by Gasteiger charge is -2.39. The second-order valence-corrected chi connectivity index (χ2v) is 7.18. The van der Waals surface area contributed by atoms with E-state index in [-0.39, 0.29) is 5.82 Å². The highest BCUT2D eigenvalue weighted by atomic mass is 16.6. The number of nitro groups is 1. The number of unbranched alkanes of at least 4 members (excludes halogenated alkanes) is 4. The van der Waals surface area contributed by atoms with Crippen molar-refractivity contribution in [3.05, 3.63) is 22.1 Å². The Balaban J connectivity index is 0.000000577. The molecule has 0 spiro atoms. The summed E-state index contributed by atoms with van der Waals surface area (Å²) in [6, 6.07) is 0. The number of aromatic nitrogens is 2. The highest BCUT2D eigenvalue weighted by Crippen LogP contribution is 2.16. The second-order valence-electron chi connectivity index (χ2n) is 7.18. The van der Waals surface area contributed by atoms with E-state index in [2.05, 4.69) is 37.7 Å². The smallest absolute Gasteiger partial charge is 0.159 e. The predicted octanol–water partition coefficient (Wildman–Crippen LogP) is 5.26. The summed E-state index contributed by atoms with van der Waals surface area (Å²) in [6.07, 6.45) is 12.2. The van der Waals surface area contributed by atoms with E-state index in [1.807, 2.05) is 0 Å². The molecule has 0 aromatic carbocycles. The Labute approximate surface area is 160 Å². The molecule has 0 amide bonds. The third-order valence-corrected chi connectivity index (χ3v) is 4.77. The van der Waals surface area contributed by atoms with Gasteiger partial charge in [0.15, 0.2) is 5.82 Å². The molecule has 0 bridgehead atoms. The number of hydrogen-bond donors (Lipinski definition) is 0. The summed E-state index contributed by atoms with van der Waals surface area (Å²) >= 11 is 0. The summed E-state index contributed by atoms with van der Waals surface area (Å²) < 4.78 is 1.42. The fourth-order valence-electron chi connectivity index (χ4n) is 3.11. The van der Waals surface area contributed by atoms with Crippen molar-refractivity contribution in [1.82, 2.24) is 9.97 Å². The first kappa shape index (κ1) is 24.6. The van der Waals surface area contributed by atoms with Gasteiger partial charge in [0.25, 0.3) is 0 Å². The lowest BCUT2D eigenvalue weighted by molar-refractivity contribution is -0.929. The van der Waals surface area contributed by atoms with Crippen LogP contribution in [0.3, 0.4) is 0 Å². The summed E-state index contributed by atoms with van der Waals surface area (Å²) in [7, 11) is 0. The molecule has 1 heterocycles. The van der Waals surface area contributed by atoms with Crippen LogP contribution in [0.5, 0.6) is 0 Å². The lowest BCUT2D eigenvalue weighted by Crippen LogP contribution is -2.50. The van der Waals surface area contributed by atoms with Crippen molar-refractivity contribution >= 4 is 5.82 Å². The minimum atomic E-state index is -0.569. The van der Waals surface area contributed by atoms with E-state index in [0.29, 0.717) is 5.82 Å². The van der Waals surface area contributed by atoms with Gasteiger partial charge in [-0.15, -0.1) is 0 Å². The molecule has 1 rings (SSSR count). The molecule has 1 aromatic heterocycles. The van der Waals surface area contributed by atoms with Gasteiger partial charge in [0.05, 0.1) is 26.2 Å². The van der Waals surface area contributed by atoms with E-state index in [4.69, 9.17) is 0 Å². The topological polar surface area (TPSA) is 70.1 Å². The minimum absolute atomic E-state index is 0.187. The number of imidazole rings is 1. The Bertz CT molecular complexity index is 437. The van der Waals surface area contributed by atoms with Gasteiger partial charge in [-0.05, 0) is 38.8 Å². The minimum Gasteiger partial charge on any atom is -0.443 e. The molecule has 0 aliphatic carbocycles. The van der Waals surface area contributed by atoms with E-state index < -0.39 is 4.92 Å². The zero-order chi connectivity index (χ0) is 19.8. The summed E-state index contributed by atoms with van der Waals surface area (Å²) in [4.78, 5) is 16.4. The molecule has 0 atom stereocenters. The molecule has 152 valence electrons. The third kappa shape index (κ3) is 10.5. The van der Waals surface area contributed by atoms with Crippen LogP contribution < -0.4 is 4.98 Å². The first-order valence-corrected chi connectivity index (χ1v) is 10.4. The van der Waals surface area contributed by atoms with Crippen LogP contribution in [0.2, 0.25) is 0 Å². The number of nitrogens with zero attached hydrogens (tertiary/aromatic N) is 4. The Morgan fingerprint density at radius 2 is 1.31 bits per heavy atom. The maximum Gasteiger partial charge on any atom is 0.159 e. The molecule has 0 radical (unpaired) electrons. The molecular weight excluding hydrogens is 328 g/mol. The SMILES string of the molecule is CCCC[N+](CCCC)(CCCC)CCCC.Cc1nc([N+](=O)[O-])c[n-]1. The molecule has 0 unspecified atom stereocenters. The zero-order valence-corrected chi connectivity index (χ0v) is 17.7. The van der Waals surface area contributed by atoms with E-state index in [1.54, 1.807) is 6.92 Å². The van der Waals surface area contributed by atoms with Gasteiger partial charge >= 0.3 is 0 Å². The molecule has 0 aliphatic rings. The van der Waals surface area contributed by atoms with E-state index >= 15 is 0 Å². The van der Waals surface area contributed by atoms with Crippen molar-refractivity contribution in [2.75, 3.05) is 26.2 Å². The van der Waals surface area contributed by atoms with Crippen molar-refractivity contribution in [2.45, 2.75) is 86.0 Å². The van der Waals surface area contributed by atoms with Gasteiger partial charge < -0.3 is 24.6 Å². The van der Waals surface area contributed by atoms with E-state index in [9.17, 15) is 10.1 Å². The normalized spacial score (nSPS) is 11.1. The highest BCUT2D eigenvalue weighted by molar-refractivity contribution is 5.13. The predicted molar refractivity (Wildman–Crippen MR) is 108 cm³/mol. The van der Waals surface area contributed by atoms with Gasteiger partial charge in [-0.3, -0.25) is 0 Å². The van der Waals surface area contributed by atoms with E-state index in [1.165, 1.54) is 82.0 Å². The van der Waals surface area contributed by atoms with Gasteiger partial charge in [0, 0.05) is 0 Å². The zero-order valence-electron chi connectivity index (χ0n) is 17.7. The summed E-state index contributed by atoms with van der Waals surface area (Å²) in [5.74, 6) is 0.245. The van der Waals surface area contributed by atoms with Crippen LogP contribution in [0, 0.1) is 17.0 Å². The van der Waals surface area contributed by atoms with Crippen molar-refractivity contribution in [3.8, 4) is 0 Å². The van der Waals surface area contributed by atoms with Gasteiger partial charge in [-0.1, -0.05) is 64.1 Å². The maximum atomic E-state index is 9.92. The average Bonchev–Trinajstić information content (AvgIpc) is 3.08. The summed E-state index contributed by atoms with van der Waals surface area (Å²) in [6.45, 7) is 16.6. The van der Waals surface area contributed by atoms with Crippen molar-refractivity contribution in [1.29, 1.82) is 0 Å². The Kier molecular flexibility index (Phi) is 13.9. The van der Waals surface area contributed by atoms with Crippen LogP contribution >= 0.6 is 0 Å². The fraction of sp³-hybridized carbons (Fsp3) is 0.850. The van der Waals surface area contributed by atoms with Crippen LogP contribution in [-0.2, 0) is 0 Å². The Morgan fingerprint density at radius 1 is 0.923 bits per heavy atom. The van der Waals surface area contributed by atoms with Crippen LogP contribution in [0.25, 0.3) is 0 Å².